The van der Waals surface area contributed by atoms with Crippen LogP contribution in [0.4, 0.5) is 39.2 Å². The van der Waals surface area contributed by atoms with Crippen LogP contribution in [0.5, 0.6) is 0 Å². The molecule has 3 saturated carbocycles. The lowest BCUT2D eigenvalue weighted by atomic mass is 9.93. The summed E-state index contributed by atoms with van der Waals surface area (Å²) in [5.41, 5.74) is 17.7. The van der Waals surface area contributed by atoms with E-state index in [9.17, 15) is 19.7 Å². The quantitative estimate of drug-likeness (QED) is 0.0361. The van der Waals surface area contributed by atoms with Crippen LogP contribution in [0.25, 0.3) is 132 Å². The number of rotatable bonds is 18. The molecule has 3 aliphatic rings. The number of anilines is 6. The van der Waals surface area contributed by atoms with E-state index < -0.39 is 0 Å². The van der Waals surface area contributed by atoms with Crippen molar-refractivity contribution in [2.75, 3.05) is 39.7 Å². The Bertz CT molecular complexity index is 7680. The molecular weight excluding hydrogens is 1810 g/mol. The van der Waals surface area contributed by atoms with E-state index in [1.165, 1.54) is 94.4 Å². The Kier molecular flexibility index (Phi) is 26.5. The fraction of sp³-hybridized carbons (Fsp3) is 0.269. The van der Waals surface area contributed by atoms with Crippen LogP contribution >= 0.6 is 68.3 Å². The Hall–Kier alpha value is -12.7. The van der Waals surface area contributed by atoms with Gasteiger partial charge in [0, 0.05) is 65.5 Å². The molecule has 24 nitrogen and oxygen atoms in total. The Balaban J connectivity index is 0.000000105. The number of aliphatic hydroxyl groups is 4. The fourth-order valence-corrected chi connectivity index (χ4v) is 23.5. The van der Waals surface area contributed by atoms with Gasteiger partial charge in [-0.05, 0) is 326 Å². The second-order valence-electron chi connectivity index (χ2n) is 35.2. The predicted molar refractivity (Wildman–Crippen MR) is 553 cm³/mol. The van der Waals surface area contributed by atoms with E-state index in [0.717, 1.165) is 213 Å². The first kappa shape index (κ1) is 90.1. The van der Waals surface area contributed by atoms with Gasteiger partial charge < -0.3 is 47.0 Å². The van der Waals surface area contributed by atoms with Crippen LogP contribution in [0.2, 0.25) is 5.02 Å². The van der Waals surface area contributed by atoms with Crippen molar-refractivity contribution in [1.82, 2.24) is 73.0 Å². The van der Waals surface area contributed by atoms with Gasteiger partial charge in [0.15, 0.2) is 34.1 Å². The highest BCUT2D eigenvalue weighted by Crippen LogP contribution is 2.44. The largest absolute Gasteiger partial charge is 0.396 e. The maximum Gasteiger partial charge on any atom is 0.154 e. The Morgan fingerprint density at radius 1 is 0.363 bits per heavy atom. The van der Waals surface area contributed by atoms with E-state index in [2.05, 4.69) is 190 Å². The fourth-order valence-electron chi connectivity index (χ4n) is 17.9. The third-order valence-electron chi connectivity index (χ3n) is 25.4. The molecule has 9 N–H and O–H groups in total. The second kappa shape index (κ2) is 39.7. The van der Waals surface area contributed by atoms with Crippen molar-refractivity contribution in [3.63, 3.8) is 0 Å². The number of aliphatic hydroxyl groups excluding tert-OH is 4. The molecule has 15 heterocycles. The summed E-state index contributed by atoms with van der Waals surface area (Å²) in [5, 5.41) is 85.7. The Morgan fingerprint density at radius 3 is 1.21 bits per heavy atom. The molecule has 0 radical (unpaired) electrons. The summed E-state index contributed by atoms with van der Waals surface area (Å²) in [5.74, 6) is 3.90. The van der Waals surface area contributed by atoms with Crippen LogP contribution in [-0.2, 0) is 0 Å². The van der Waals surface area contributed by atoms with Crippen LogP contribution in [-0.4, -0.2) is 143 Å². The molecule has 0 unspecified atom stereocenters. The van der Waals surface area contributed by atoms with Crippen molar-refractivity contribution >= 4 is 182 Å². The lowest BCUT2D eigenvalue weighted by molar-refractivity contribution is 0.125. The van der Waals surface area contributed by atoms with E-state index >= 15 is 0 Å². The van der Waals surface area contributed by atoms with Gasteiger partial charge in [0.25, 0.3) is 0 Å². The predicted octanol–water partition coefficient (Wildman–Crippen LogP) is 24.8. The first-order chi connectivity index (χ1) is 65.7. The number of nitrogens with zero attached hydrogens (tertiary/aromatic N) is 15. The van der Waals surface area contributed by atoms with Gasteiger partial charge in [-0.2, -0.15) is 0 Å². The number of aryl methyl sites for hydroxylation is 6. The third kappa shape index (κ3) is 20.1. The smallest absolute Gasteiger partial charge is 0.154 e. The van der Waals surface area contributed by atoms with Gasteiger partial charge in [0.2, 0.25) is 0 Å². The zero-order chi connectivity index (χ0) is 92.5. The molecule has 31 heteroatoms. The molecule has 135 heavy (non-hydrogen) atoms. The van der Waals surface area contributed by atoms with Crippen LogP contribution in [0.15, 0.2) is 225 Å². The molecule has 3 aliphatic carbocycles. The SMILES string of the molecule is Cc1c(-c2cnc3ccc(NC4CCC(O)CC4)nn23)sc2ccc(Cl)cc12.Cc1c(-c2cnc3ccc(NCCCCO)nn23)sc2ccccc12.Cc1ccc2sc(-c3cnc4ccc(NC5CCC(O)CC5)nn34)cc2c1.Cc1ccc2sc(-c3cnc4ccc(Nc5ccc(C)c(C)c5)nn34)cc2c1.OC1CCC(Nc2ccc3ncc(-c4cc5cc(F)ccc5s4)n3n2)CC1. The molecule has 6 aromatic carbocycles. The highest BCUT2D eigenvalue weighted by Gasteiger charge is 2.26. The summed E-state index contributed by atoms with van der Waals surface area (Å²) in [6.45, 7) is 13.8. The minimum absolute atomic E-state index is 0.143. The number of hydrogen-bond acceptors (Lipinski definition) is 24. The van der Waals surface area contributed by atoms with E-state index in [4.69, 9.17) is 42.2 Å². The molecule has 3 fully saturated rings. The summed E-state index contributed by atoms with van der Waals surface area (Å²) in [7, 11) is 0. The minimum Gasteiger partial charge on any atom is -0.396 e. The summed E-state index contributed by atoms with van der Waals surface area (Å²) in [6.07, 6.45) is 21.5. The normalized spacial score (nSPS) is 16.8. The lowest BCUT2D eigenvalue weighted by Gasteiger charge is -2.26. The topological polar surface area (TPSA) is 292 Å². The number of fused-ring (bicyclic) bond motifs is 10. The summed E-state index contributed by atoms with van der Waals surface area (Å²) < 4.78 is 29.1. The number of nitrogens with one attached hydrogen (secondary N) is 5. The van der Waals surface area contributed by atoms with Crippen LogP contribution in [0.3, 0.4) is 0 Å². The van der Waals surface area contributed by atoms with Gasteiger partial charge in [-0.3, -0.25) is 0 Å². The molecule has 21 aromatic rings. The molecule has 686 valence electrons. The molecule has 0 bridgehead atoms. The molecule has 0 aliphatic heterocycles. The van der Waals surface area contributed by atoms with E-state index in [1.54, 1.807) is 68.8 Å². The zero-order valence-electron chi connectivity index (χ0n) is 75.4. The third-order valence-corrected chi connectivity index (χ3v) is 31.7. The molecule has 15 aromatic heterocycles. The number of benzene rings is 6. The van der Waals surface area contributed by atoms with Crippen molar-refractivity contribution < 1.29 is 24.8 Å². The molecule has 0 spiro atoms. The Labute approximate surface area is 803 Å². The van der Waals surface area contributed by atoms with E-state index in [0.29, 0.717) is 18.1 Å². The molecular formula is C104H102ClFN20O4S5. The van der Waals surface area contributed by atoms with Gasteiger partial charge in [-0.15, -0.1) is 82.2 Å². The van der Waals surface area contributed by atoms with Crippen LogP contribution in [0, 0.1) is 47.4 Å². The summed E-state index contributed by atoms with van der Waals surface area (Å²) in [4.78, 5) is 28.3. The lowest BCUT2D eigenvalue weighted by Crippen LogP contribution is -2.28. The first-order valence-corrected chi connectivity index (χ1v) is 50.3. The number of thiophene rings is 5. The summed E-state index contributed by atoms with van der Waals surface area (Å²) in [6, 6.07) is 66.0. The highest BCUT2D eigenvalue weighted by atomic mass is 35.5. The number of imidazole rings is 5. The van der Waals surface area contributed by atoms with Crippen molar-refractivity contribution in [1.29, 1.82) is 0 Å². The van der Waals surface area contributed by atoms with Gasteiger partial charge >= 0.3 is 0 Å². The van der Waals surface area contributed by atoms with Gasteiger partial charge in [0.05, 0.1) is 73.7 Å². The average molecular weight is 1910 g/mol. The maximum absolute atomic E-state index is 13.5. The average Bonchev–Trinajstić information content (AvgIpc) is 1.63. The van der Waals surface area contributed by atoms with Crippen LogP contribution in [0.1, 0.15) is 123 Å². The standard InChI is InChI=1S/C23H20N4S.C21H21ClN4OS.C21H22N4OS.C20H19FN4OS.C19H20N4OS/c1-14-4-7-20-17(10-14)12-21(28-20)19-13-24-23-9-8-22(26-27(19)23)25-18-6-5-15(2)16(3)11-18;1-12-16-10-13(22)2-7-18(16)28-21(12)17-11-23-20-9-8-19(25-26(17)20)24-14-3-5-15(27)6-4-14;1-13-2-7-18-14(10-13)11-19(27-18)17-12-22-21-9-8-20(24-25(17)21)23-15-3-5-16(26)6-4-15;21-13-1-6-17-12(9-13)10-18(27-17)16-11-22-20-8-7-19(24-25(16)20)23-14-2-4-15(26)5-3-14;1-13-14-6-2-3-7-16(14)25-19(13)15-12-21-18-9-8-17(22-23(15)18)20-10-4-5-11-24/h4-13H,1-3H3,(H,25,26);2,7-11,14-15,27H,3-6H2,1H3,(H,24,25);2,7-12,15-16,26H,3-6H2,1H3,(H,23,24);1,6-11,14-15,26H,2-5H2,(H,23,24);2-3,6-9,12,24H,4-5,10-11H2,1H3,(H,20,22). The molecule has 0 atom stereocenters. The van der Waals surface area contributed by atoms with Crippen molar-refractivity contribution in [2.45, 2.75) is 168 Å². The number of aromatic nitrogens is 15. The van der Waals surface area contributed by atoms with E-state index in [1.807, 2.05) is 132 Å². The summed E-state index contributed by atoms with van der Waals surface area (Å²) >= 11 is 14.9. The number of hydrogen-bond donors (Lipinski definition) is 9. The molecule has 0 amide bonds. The van der Waals surface area contributed by atoms with Crippen molar-refractivity contribution in [2.24, 2.45) is 0 Å². The number of unbranched alkanes of at least 4 members (excludes halogenated alkanes) is 1. The van der Waals surface area contributed by atoms with Gasteiger partial charge in [0.1, 0.15) is 57.6 Å². The Morgan fingerprint density at radius 2 is 0.756 bits per heavy atom. The number of halogens is 2. The minimum atomic E-state index is -0.229. The van der Waals surface area contributed by atoms with Crippen molar-refractivity contribution in [3.05, 3.63) is 269 Å². The zero-order valence-corrected chi connectivity index (χ0v) is 80.3. The monoisotopic (exact) mass is 1910 g/mol. The van der Waals surface area contributed by atoms with Gasteiger partial charge in [-0.1, -0.05) is 71.3 Å². The molecule has 0 saturated heterocycles. The van der Waals surface area contributed by atoms with Crippen molar-refractivity contribution in [3.8, 4) is 52.9 Å². The molecule has 24 rings (SSSR count). The van der Waals surface area contributed by atoms with Crippen LogP contribution < -0.4 is 26.6 Å². The van der Waals surface area contributed by atoms with Gasteiger partial charge in [-0.25, -0.2) is 51.9 Å². The van der Waals surface area contributed by atoms with E-state index in [-0.39, 0.29) is 30.7 Å². The second-order valence-corrected chi connectivity index (χ2v) is 41.0. The first-order valence-electron chi connectivity index (χ1n) is 45.9. The highest BCUT2D eigenvalue weighted by molar-refractivity contribution is 7.24. The maximum atomic E-state index is 13.5.